The standard InChI is InChI=1S/C16H15N3OS/c17-15(13-4-6-21-9-13)14(16(18)20)11-1-2-12-8-19-5-3-10(12)7-11/h1-9,14-15H,17H2,(H2,18,20). The van der Waals surface area contributed by atoms with Gasteiger partial charge in [-0.1, -0.05) is 18.2 Å². The topological polar surface area (TPSA) is 82.0 Å². The Morgan fingerprint density at radius 2 is 2.00 bits per heavy atom. The summed E-state index contributed by atoms with van der Waals surface area (Å²) in [5.41, 5.74) is 13.6. The summed E-state index contributed by atoms with van der Waals surface area (Å²) < 4.78 is 0. The Kier molecular flexibility index (Phi) is 3.68. The third-order valence-electron chi connectivity index (χ3n) is 3.62. The van der Waals surface area contributed by atoms with Gasteiger partial charge in [-0.2, -0.15) is 11.3 Å². The van der Waals surface area contributed by atoms with Crippen LogP contribution in [0.2, 0.25) is 0 Å². The number of carbonyl (C=O) groups is 1. The molecule has 2 unspecified atom stereocenters. The number of carbonyl (C=O) groups excluding carboxylic acids is 1. The lowest BCUT2D eigenvalue weighted by molar-refractivity contribution is -0.119. The molecule has 2 aromatic heterocycles. The van der Waals surface area contributed by atoms with Gasteiger partial charge in [-0.05, 0) is 39.4 Å². The van der Waals surface area contributed by atoms with Crippen molar-refractivity contribution in [2.45, 2.75) is 12.0 Å². The zero-order valence-corrected chi connectivity index (χ0v) is 12.1. The van der Waals surface area contributed by atoms with E-state index >= 15 is 0 Å². The molecule has 0 saturated heterocycles. The van der Waals surface area contributed by atoms with Crippen LogP contribution in [0.1, 0.15) is 23.1 Å². The quantitative estimate of drug-likeness (QED) is 0.776. The Morgan fingerprint density at radius 3 is 2.71 bits per heavy atom. The number of primary amides is 1. The maximum atomic E-state index is 11.9. The highest BCUT2D eigenvalue weighted by atomic mass is 32.1. The van der Waals surface area contributed by atoms with Crippen LogP contribution >= 0.6 is 11.3 Å². The van der Waals surface area contributed by atoms with Gasteiger partial charge >= 0.3 is 0 Å². The predicted octanol–water partition coefficient (Wildman–Crippen LogP) is 2.57. The molecule has 21 heavy (non-hydrogen) atoms. The van der Waals surface area contributed by atoms with Gasteiger partial charge in [-0.25, -0.2) is 0 Å². The molecule has 5 heteroatoms. The third kappa shape index (κ3) is 2.66. The van der Waals surface area contributed by atoms with E-state index in [4.69, 9.17) is 11.5 Å². The molecule has 0 aliphatic carbocycles. The first-order valence-corrected chi connectivity index (χ1v) is 7.52. The van der Waals surface area contributed by atoms with Gasteiger partial charge in [0.05, 0.1) is 5.92 Å². The molecular formula is C16H15N3OS. The molecular weight excluding hydrogens is 282 g/mol. The van der Waals surface area contributed by atoms with Gasteiger partial charge in [0.2, 0.25) is 5.91 Å². The Morgan fingerprint density at radius 1 is 1.14 bits per heavy atom. The third-order valence-corrected chi connectivity index (χ3v) is 4.32. The van der Waals surface area contributed by atoms with E-state index in [-0.39, 0.29) is 0 Å². The van der Waals surface area contributed by atoms with Gasteiger partial charge in [0, 0.05) is 23.8 Å². The number of fused-ring (bicyclic) bond motifs is 1. The molecule has 1 aromatic carbocycles. The second-order valence-corrected chi connectivity index (χ2v) is 5.72. The lowest BCUT2D eigenvalue weighted by atomic mass is 9.87. The van der Waals surface area contributed by atoms with E-state index in [0.717, 1.165) is 21.9 Å². The number of hydrogen-bond acceptors (Lipinski definition) is 4. The molecule has 0 aliphatic heterocycles. The minimum atomic E-state index is -0.544. The minimum absolute atomic E-state index is 0.415. The van der Waals surface area contributed by atoms with Gasteiger partial charge < -0.3 is 11.5 Å². The number of amides is 1. The minimum Gasteiger partial charge on any atom is -0.369 e. The molecule has 2 heterocycles. The van der Waals surface area contributed by atoms with Crippen molar-refractivity contribution in [3.8, 4) is 0 Å². The van der Waals surface area contributed by atoms with E-state index in [1.807, 2.05) is 41.1 Å². The predicted molar refractivity (Wildman–Crippen MR) is 84.9 cm³/mol. The van der Waals surface area contributed by atoms with Crippen LogP contribution < -0.4 is 11.5 Å². The fraction of sp³-hybridized carbons (Fsp3) is 0.125. The Balaban J connectivity index is 2.05. The summed E-state index contributed by atoms with van der Waals surface area (Å²) in [6.07, 6.45) is 3.52. The van der Waals surface area contributed by atoms with Crippen LogP contribution in [0.5, 0.6) is 0 Å². The van der Waals surface area contributed by atoms with Gasteiger partial charge in [0.1, 0.15) is 0 Å². The first-order chi connectivity index (χ1) is 10.2. The first kappa shape index (κ1) is 13.7. The Labute approximate surface area is 126 Å². The number of hydrogen-bond donors (Lipinski definition) is 2. The number of nitrogens with two attached hydrogens (primary N) is 2. The highest BCUT2D eigenvalue weighted by Gasteiger charge is 2.27. The number of nitrogens with zero attached hydrogens (tertiary/aromatic N) is 1. The summed E-state index contributed by atoms with van der Waals surface area (Å²) in [5.74, 6) is -0.959. The monoisotopic (exact) mass is 297 g/mol. The van der Waals surface area contributed by atoms with E-state index in [1.165, 1.54) is 0 Å². The summed E-state index contributed by atoms with van der Waals surface area (Å²) in [6.45, 7) is 0. The zero-order chi connectivity index (χ0) is 14.8. The van der Waals surface area contributed by atoms with Crippen LogP contribution in [0.25, 0.3) is 10.8 Å². The molecule has 0 saturated carbocycles. The van der Waals surface area contributed by atoms with Crippen molar-refractivity contribution in [1.29, 1.82) is 0 Å². The molecule has 4 nitrogen and oxygen atoms in total. The van der Waals surface area contributed by atoms with Crippen molar-refractivity contribution in [3.63, 3.8) is 0 Å². The molecule has 2 atom stereocenters. The van der Waals surface area contributed by atoms with E-state index in [0.29, 0.717) is 0 Å². The molecule has 3 aromatic rings. The van der Waals surface area contributed by atoms with Gasteiger partial charge in [-0.3, -0.25) is 9.78 Å². The maximum absolute atomic E-state index is 11.9. The second kappa shape index (κ2) is 5.63. The fourth-order valence-corrected chi connectivity index (χ4v) is 3.21. The summed E-state index contributed by atoms with van der Waals surface area (Å²) in [4.78, 5) is 16.0. The number of rotatable bonds is 4. The Bertz CT molecular complexity index is 770. The van der Waals surface area contributed by atoms with Gasteiger partial charge in [0.25, 0.3) is 0 Å². The second-order valence-electron chi connectivity index (χ2n) is 4.94. The summed E-state index contributed by atoms with van der Waals surface area (Å²) in [7, 11) is 0. The van der Waals surface area contributed by atoms with Crippen molar-refractivity contribution in [3.05, 3.63) is 64.6 Å². The molecule has 0 fully saturated rings. The van der Waals surface area contributed by atoms with Crippen molar-refractivity contribution < 1.29 is 4.79 Å². The highest BCUT2D eigenvalue weighted by molar-refractivity contribution is 7.08. The lowest BCUT2D eigenvalue weighted by Crippen LogP contribution is -2.31. The SMILES string of the molecule is NC(=O)C(c1ccc2cnccc2c1)C(N)c1ccsc1. The van der Waals surface area contributed by atoms with E-state index in [1.54, 1.807) is 23.7 Å². The first-order valence-electron chi connectivity index (χ1n) is 6.57. The van der Waals surface area contributed by atoms with Crippen molar-refractivity contribution in [2.24, 2.45) is 11.5 Å². The number of aromatic nitrogens is 1. The number of thiophene rings is 1. The number of pyridine rings is 1. The average Bonchev–Trinajstić information content (AvgIpc) is 3.01. The van der Waals surface area contributed by atoms with Crippen molar-refractivity contribution in [1.82, 2.24) is 4.98 Å². The average molecular weight is 297 g/mol. The molecule has 0 radical (unpaired) electrons. The Hall–Kier alpha value is -2.24. The summed E-state index contributed by atoms with van der Waals surface area (Å²) in [6, 6.07) is 9.19. The van der Waals surface area contributed by atoms with Crippen LogP contribution in [0.3, 0.4) is 0 Å². The van der Waals surface area contributed by atoms with E-state index in [9.17, 15) is 4.79 Å². The van der Waals surface area contributed by atoms with Crippen LogP contribution in [-0.2, 0) is 4.79 Å². The number of benzene rings is 1. The van der Waals surface area contributed by atoms with Crippen LogP contribution in [-0.4, -0.2) is 10.9 Å². The normalized spacial score (nSPS) is 14.0. The van der Waals surface area contributed by atoms with Gasteiger partial charge in [-0.15, -0.1) is 0 Å². The van der Waals surface area contributed by atoms with E-state index < -0.39 is 17.9 Å². The molecule has 1 amide bonds. The smallest absolute Gasteiger partial charge is 0.226 e. The van der Waals surface area contributed by atoms with E-state index in [2.05, 4.69) is 4.98 Å². The molecule has 4 N–H and O–H groups in total. The molecule has 0 spiro atoms. The van der Waals surface area contributed by atoms with Gasteiger partial charge in [0.15, 0.2) is 0 Å². The van der Waals surface area contributed by atoms with Crippen LogP contribution in [0.4, 0.5) is 0 Å². The van der Waals surface area contributed by atoms with Crippen molar-refractivity contribution in [2.75, 3.05) is 0 Å². The van der Waals surface area contributed by atoms with Crippen LogP contribution in [0, 0.1) is 0 Å². The van der Waals surface area contributed by atoms with Crippen molar-refractivity contribution >= 4 is 28.0 Å². The summed E-state index contributed by atoms with van der Waals surface area (Å²) in [5, 5.41) is 5.94. The molecule has 3 rings (SSSR count). The fourth-order valence-electron chi connectivity index (χ4n) is 2.50. The largest absolute Gasteiger partial charge is 0.369 e. The lowest BCUT2D eigenvalue weighted by Gasteiger charge is -2.21. The highest BCUT2D eigenvalue weighted by Crippen LogP contribution is 2.31. The van der Waals surface area contributed by atoms with Crippen LogP contribution in [0.15, 0.2) is 53.5 Å². The molecule has 0 bridgehead atoms. The molecule has 106 valence electrons. The zero-order valence-electron chi connectivity index (χ0n) is 11.3. The molecule has 0 aliphatic rings. The maximum Gasteiger partial charge on any atom is 0.226 e. The summed E-state index contributed by atoms with van der Waals surface area (Å²) >= 11 is 1.55.